The van der Waals surface area contributed by atoms with E-state index in [1.807, 2.05) is 12.3 Å². The Morgan fingerprint density at radius 1 is 1.42 bits per heavy atom. The first-order chi connectivity index (χ1) is 11.5. The molecule has 7 heteroatoms. The van der Waals surface area contributed by atoms with Crippen LogP contribution in [0.2, 0.25) is 5.15 Å². The van der Waals surface area contributed by atoms with Gasteiger partial charge in [0, 0.05) is 24.3 Å². The molecule has 1 aliphatic rings. The number of primary amides is 1. The number of hydrogen-bond donors (Lipinski definition) is 1. The van der Waals surface area contributed by atoms with Gasteiger partial charge < -0.3 is 15.4 Å². The summed E-state index contributed by atoms with van der Waals surface area (Å²) in [5.41, 5.74) is 6.24. The van der Waals surface area contributed by atoms with Gasteiger partial charge in [-0.1, -0.05) is 25.4 Å². The number of halogens is 1. The number of amides is 1. The quantitative estimate of drug-likeness (QED) is 0.855. The first-order valence-electron chi connectivity index (χ1n) is 8.10. The summed E-state index contributed by atoms with van der Waals surface area (Å²) >= 11 is 6.10. The highest BCUT2D eigenvalue weighted by atomic mass is 35.5. The Hall–Kier alpha value is -2.08. The summed E-state index contributed by atoms with van der Waals surface area (Å²) in [6.07, 6.45) is 4.88. The Morgan fingerprint density at radius 2 is 2.21 bits per heavy atom. The van der Waals surface area contributed by atoms with Crippen LogP contribution in [0, 0.1) is 0 Å². The van der Waals surface area contributed by atoms with E-state index in [9.17, 15) is 4.79 Å². The summed E-state index contributed by atoms with van der Waals surface area (Å²) in [5, 5.41) is 2.50. The molecule has 3 heterocycles. The second-order valence-electron chi connectivity index (χ2n) is 6.36. The van der Waals surface area contributed by atoms with Crippen molar-refractivity contribution in [2.24, 2.45) is 5.73 Å². The summed E-state index contributed by atoms with van der Waals surface area (Å²) in [4.78, 5) is 22.0. The van der Waals surface area contributed by atoms with Crippen LogP contribution in [0.5, 0.6) is 0 Å². The van der Waals surface area contributed by atoms with Crippen molar-refractivity contribution in [3.8, 4) is 0 Å². The maximum absolute atomic E-state index is 10.9. The van der Waals surface area contributed by atoms with Gasteiger partial charge in [0.2, 0.25) is 0 Å². The Balaban J connectivity index is 2.03. The molecule has 0 saturated carbocycles. The van der Waals surface area contributed by atoms with Gasteiger partial charge >= 0.3 is 6.09 Å². The largest absolute Gasteiger partial charge is 0.448 e. The fraction of sp³-hybridized carbons (Fsp3) is 0.471. The molecule has 2 aromatic heterocycles. The van der Waals surface area contributed by atoms with Crippen LogP contribution in [0.25, 0.3) is 10.8 Å². The van der Waals surface area contributed by atoms with E-state index in [1.165, 1.54) is 0 Å². The van der Waals surface area contributed by atoms with Crippen LogP contribution in [0.1, 0.15) is 38.2 Å². The van der Waals surface area contributed by atoms with E-state index in [1.54, 1.807) is 6.20 Å². The van der Waals surface area contributed by atoms with Gasteiger partial charge in [-0.15, -0.1) is 0 Å². The van der Waals surface area contributed by atoms with Crippen molar-refractivity contribution in [3.05, 3.63) is 29.2 Å². The number of nitrogens with zero attached hydrogens (tertiary/aromatic N) is 3. The van der Waals surface area contributed by atoms with Crippen LogP contribution in [0.4, 0.5) is 10.6 Å². The molecule has 1 atom stereocenters. The molecule has 0 spiro atoms. The van der Waals surface area contributed by atoms with Crippen molar-refractivity contribution < 1.29 is 9.53 Å². The summed E-state index contributed by atoms with van der Waals surface area (Å²) in [6, 6.07) is 1.97. The predicted octanol–water partition coefficient (Wildman–Crippen LogP) is 3.47. The lowest BCUT2D eigenvalue weighted by Crippen LogP contribution is -2.35. The van der Waals surface area contributed by atoms with Crippen molar-refractivity contribution in [2.75, 3.05) is 18.1 Å². The summed E-state index contributed by atoms with van der Waals surface area (Å²) in [5.74, 6) is 1.19. The molecule has 2 N–H and O–H groups in total. The number of nitrogens with two attached hydrogens (primary N) is 1. The second-order valence-corrected chi connectivity index (χ2v) is 6.75. The number of anilines is 1. The highest BCUT2D eigenvalue weighted by Crippen LogP contribution is 2.34. The zero-order chi connectivity index (χ0) is 17.3. The number of fused-ring (bicyclic) bond motifs is 1. The van der Waals surface area contributed by atoms with E-state index in [4.69, 9.17) is 22.1 Å². The third kappa shape index (κ3) is 3.24. The summed E-state index contributed by atoms with van der Waals surface area (Å²) in [7, 11) is 0. The van der Waals surface area contributed by atoms with Crippen LogP contribution in [-0.2, 0) is 4.74 Å². The molecule has 1 unspecified atom stereocenters. The Morgan fingerprint density at radius 3 is 2.92 bits per heavy atom. The molecule has 0 radical (unpaired) electrons. The van der Waals surface area contributed by atoms with E-state index in [0.717, 1.165) is 41.5 Å². The smallest absolute Gasteiger partial charge is 0.404 e. The molecule has 0 aromatic carbocycles. The highest BCUT2D eigenvalue weighted by molar-refractivity contribution is 6.30. The van der Waals surface area contributed by atoms with E-state index >= 15 is 0 Å². The molecule has 6 nitrogen and oxygen atoms in total. The monoisotopic (exact) mass is 348 g/mol. The minimum atomic E-state index is -0.747. The zero-order valence-electron chi connectivity index (χ0n) is 13.8. The topological polar surface area (TPSA) is 81.3 Å². The lowest BCUT2D eigenvalue weighted by Gasteiger charge is -2.27. The fourth-order valence-electron chi connectivity index (χ4n) is 3.27. The van der Waals surface area contributed by atoms with Crippen LogP contribution < -0.4 is 10.6 Å². The normalized spacial score (nSPS) is 17.7. The van der Waals surface area contributed by atoms with Gasteiger partial charge in [-0.05, 0) is 35.8 Å². The van der Waals surface area contributed by atoms with Crippen LogP contribution >= 0.6 is 11.6 Å². The molecule has 0 bridgehead atoms. The van der Waals surface area contributed by atoms with Gasteiger partial charge in [0.15, 0.2) is 0 Å². The number of carbonyl (C=O) groups excluding carboxylic acids is 1. The lowest BCUT2D eigenvalue weighted by atomic mass is 9.99. The van der Waals surface area contributed by atoms with E-state index < -0.39 is 6.09 Å². The molecule has 3 rings (SSSR count). The molecule has 1 fully saturated rings. The second kappa shape index (κ2) is 6.81. The van der Waals surface area contributed by atoms with Crippen LogP contribution in [0.15, 0.2) is 18.5 Å². The summed E-state index contributed by atoms with van der Waals surface area (Å²) in [6.45, 7) is 5.39. The molecular formula is C17H21ClN4O2. The third-order valence-corrected chi connectivity index (χ3v) is 4.64. The number of pyridine rings is 2. The fourth-order valence-corrected chi connectivity index (χ4v) is 3.43. The van der Waals surface area contributed by atoms with Crippen LogP contribution in [0.3, 0.4) is 0 Å². The lowest BCUT2D eigenvalue weighted by molar-refractivity contribution is 0.149. The highest BCUT2D eigenvalue weighted by Gasteiger charge is 2.28. The molecule has 1 aliphatic heterocycles. The van der Waals surface area contributed by atoms with Crippen LogP contribution in [-0.4, -0.2) is 35.3 Å². The number of carbonyl (C=O) groups is 1. The van der Waals surface area contributed by atoms with Gasteiger partial charge in [-0.2, -0.15) is 0 Å². The van der Waals surface area contributed by atoms with Crippen molar-refractivity contribution in [1.29, 1.82) is 0 Å². The minimum Gasteiger partial charge on any atom is -0.448 e. The van der Waals surface area contributed by atoms with Crippen molar-refractivity contribution in [1.82, 2.24) is 9.97 Å². The first kappa shape index (κ1) is 16.8. The Bertz CT molecular complexity index is 766. The van der Waals surface area contributed by atoms with Gasteiger partial charge in [0.05, 0.1) is 6.04 Å². The van der Waals surface area contributed by atoms with E-state index in [0.29, 0.717) is 11.1 Å². The van der Waals surface area contributed by atoms with Crippen molar-refractivity contribution >= 4 is 34.3 Å². The molecule has 1 amide bonds. The number of ether oxygens (including phenoxy) is 1. The maximum Gasteiger partial charge on any atom is 0.404 e. The van der Waals surface area contributed by atoms with Crippen molar-refractivity contribution in [3.63, 3.8) is 0 Å². The molecule has 2 aromatic rings. The molecule has 0 aliphatic carbocycles. The predicted molar refractivity (Wildman–Crippen MR) is 94.5 cm³/mol. The SMILES string of the molecule is CC(C)c1cnc(N2CCCC2COC(N)=O)c2cnc(Cl)cc12. The molecule has 1 saturated heterocycles. The van der Waals surface area contributed by atoms with Crippen molar-refractivity contribution in [2.45, 2.75) is 38.6 Å². The molecular weight excluding hydrogens is 328 g/mol. The minimum absolute atomic E-state index is 0.0776. The Labute approximate surface area is 146 Å². The van der Waals surface area contributed by atoms with Gasteiger partial charge in [0.25, 0.3) is 0 Å². The van der Waals surface area contributed by atoms with Gasteiger partial charge in [-0.25, -0.2) is 14.8 Å². The van der Waals surface area contributed by atoms with E-state index in [2.05, 4.69) is 28.7 Å². The number of rotatable bonds is 4. The number of aromatic nitrogens is 2. The van der Waals surface area contributed by atoms with Gasteiger partial charge in [-0.3, -0.25) is 0 Å². The van der Waals surface area contributed by atoms with Gasteiger partial charge in [0.1, 0.15) is 17.6 Å². The summed E-state index contributed by atoms with van der Waals surface area (Å²) < 4.78 is 5.00. The Kier molecular flexibility index (Phi) is 4.76. The average molecular weight is 349 g/mol. The van der Waals surface area contributed by atoms with E-state index in [-0.39, 0.29) is 12.6 Å². The number of hydrogen-bond acceptors (Lipinski definition) is 5. The first-order valence-corrected chi connectivity index (χ1v) is 8.48. The average Bonchev–Trinajstić information content (AvgIpc) is 2.99. The third-order valence-electron chi connectivity index (χ3n) is 4.44. The maximum atomic E-state index is 10.9. The standard InChI is InChI=1S/C17H21ClN4O2/c1-10(2)13-7-21-16(14-8-20-15(18)6-12(13)14)22-5-3-4-11(22)9-24-17(19)23/h6-8,10-11H,3-5,9H2,1-2H3,(H2,19,23). The molecule has 128 valence electrons. The zero-order valence-corrected chi connectivity index (χ0v) is 14.6. The molecule has 24 heavy (non-hydrogen) atoms.